The Morgan fingerprint density at radius 1 is 1.14 bits per heavy atom. The molecule has 0 aliphatic rings. The smallest absolute Gasteiger partial charge is 0.152 e. The van der Waals surface area contributed by atoms with E-state index in [-0.39, 0.29) is 16.8 Å². The lowest BCUT2D eigenvalue weighted by Gasteiger charge is -2.02. The number of carbonyl (C=O) groups excluding carboxylic acids is 1. The van der Waals surface area contributed by atoms with Gasteiger partial charge in [-0.1, -0.05) is 0 Å². The van der Waals surface area contributed by atoms with Crippen LogP contribution in [0.4, 0.5) is 8.78 Å². The normalized spacial score (nSPS) is 10.5. The monoisotopic (exact) mass is 282 g/mol. The molecule has 3 nitrogen and oxygen atoms in total. The summed E-state index contributed by atoms with van der Waals surface area (Å²) in [4.78, 5) is 14.3. The predicted molar refractivity (Wildman–Crippen MR) is 73.8 cm³/mol. The van der Waals surface area contributed by atoms with Crippen molar-refractivity contribution in [3.05, 3.63) is 59.2 Å². The topological polar surface area (TPSA) is 56.6 Å². The number of carbonyl (C=O) groups is 1. The molecule has 1 N–H and O–H groups in total. The Labute approximate surface area is 118 Å². The minimum absolute atomic E-state index is 0.105. The molecular weight excluding hydrogens is 274 g/mol. The van der Waals surface area contributed by atoms with E-state index in [2.05, 4.69) is 4.98 Å². The minimum atomic E-state index is -0.759. The molecule has 2 aromatic carbocycles. The number of aromatic amines is 1. The van der Waals surface area contributed by atoms with Gasteiger partial charge >= 0.3 is 0 Å². The number of aromatic nitrogens is 1. The third kappa shape index (κ3) is 2.07. The molecule has 3 aromatic rings. The van der Waals surface area contributed by atoms with Crippen molar-refractivity contribution in [3.8, 4) is 17.3 Å². The van der Waals surface area contributed by atoms with Gasteiger partial charge in [-0.25, -0.2) is 8.78 Å². The lowest BCUT2D eigenvalue weighted by Crippen LogP contribution is -1.90. The molecule has 0 radical (unpaired) electrons. The number of rotatable bonds is 2. The average Bonchev–Trinajstić information content (AvgIpc) is 2.84. The number of fused-ring (bicyclic) bond motifs is 1. The van der Waals surface area contributed by atoms with Gasteiger partial charge in [0.15, 0.2) is 6.29 Å². The number of benzene rings is 2. The Morgan fingerprint density at radius 2 is 1.95 bits per heavy atom. The average molecular weight is 282 g/mol. The van der Waals surface area contributed by atoms with Gasteiger partial charge in [0.25, 0.3) is 0 Å². The van der Waals surface area contributed by atoms with Gasteiger partial charge in [0, 0.05) is 28.1 Å². The first kappa shape index (κ1) is 13.0. The van der Waals surface area contributed by atoms with Crippen molar-refractivity contribution in [2.75, 3.05) is 0 Å². The maximum atomic E-state index is 13.9. The summed E-state index contributed by atoms with van der Waals surface area (Å²) in [5.41, 5.74) is 1.62. The van der Waals surface area contributed by atoms with E-state index in [9.17, 15) is 13.6 Å². The van der Waals surface area contributed by atoms with E-state index in [1.165, 1.54) is 6.07 Å². The molecule has 0 spiro atoms. The summed E-state index contributed by atoms with van der Waals surface area (Å²) < 4.78 is 26.9. The molecule has 0 fully saturated rings. The third-order valence-electron chi connectivity index (χ3n) is 3.29. The fraction of sp³-hybridized carbons (Fsp3) is 0. The predicted octanol–water partition coefficient (Wildman–Crippen LogP) is 3.80. The molecule has 0 bridgehead atoms. The number of halogens is 2. The van der Waals surface area contributed by atoms with Crippen LogP contribution in [0.25, 0.3) is 22.2 Å². The first-order valence-corrected chi connectivity index (χ1v) is 6.10. The van der Waals surface area contributed by atoms with Crippen LogP contribution in [0, 0.1) is 23.0 Å². The van der Waals surface area contributed by atoms with Crippen LogP contribution in [-0.4, -0.2) is 11.3 Å². The summed E-state index contributed by atoms with van der Waals surface area (Å²) in [5.74, 6) is -1.45. The second-order valence-electron chi connectivity index (χ2n) is 4.53. The molecule has 5 heteroatoms. The Balaban J connectivity index is 2.32. The Bertz CT molecular complexity index is 907. The molecule has 0 unspecified atom stereocenters. The largest absolute Gasteiger partial charge is 0.354 e. The van der Waals surface area contributed by atoms with Crippen molar-refractivity contribution < 1.29 is 13.6 Å². The highest BCUT2D eigenvalue weighted by Gasteiger charge is 2.16. The maximum Gasteiger partial charge on any atom is 0.152 e. The van der Waals surface area contributed by atoms with Gasteiger partial charge < -0.3 is 4.98 Å². The van der Waals surface area contributed by atoms with Gasteiger partial charge in [-0.3, -0.25) is 4.79 Å². The Hall–Kier alpha value is -3.00. The van der Waals surface area contributed by atoms with Gasteiger partial charge in [0.1, 0.15) is 11.6 Å². The molecule has 1 aromatic heterocycles. The van der Waals surface area contributed by atoms with E-state index in [0.29, 0.717) is 22.8 Å². The standard InChI is InChI=1S/C16H8F2N2O/c17-10-2-3-11(14(18)6-10)16-13(8-21)12-5-9(7-19)1-4-15(12)20-16/h1-6,8,20H. The molecule has 0 saturated heterocycles. The zero-order valence-electron chi connectivity index (χ0n) is 10.7. The molecule has 21 heavy (non-hydrogen) atoms. The van der Waals surface area contributed by atoms with E-state index >= 15 is 0 Å². The number of aldehydes is 1. The van der Waals surface area contributed by atoms with Gasteiger partial charge in [-0.15, -0.1) is 0 Å². The molecular formula is C16H8F2N2O. The van der Waals surface area contributed by atoms with Crippen molar-refractivity contribution in [2.24, 2.45) is 0 Å². The summed E-state index contributed by atoms with van der Waals surface area (Å²) in [7, 11) is 0. The zero-order chi connectivity index (χ0) is 15.0. The van der Waals surface area contributed by atoms with Crippen LogP contribution >= 0.6 is 0 Å². The van der Waals surface area contributed by atoms with E-state index < -0.39 is 11.6 Å². The summed E-state index contributed by atoms with van der Waals surface area (Å²) >= 11 is 0. The van der Waals surface area contributed by atoms with Crippen LogP contribution in [0.1, 0.15) is 15.9 Å². The molecule has 0 aliphatic carbocycles. The first-order chi connectivity index (χ1) is 10.1. The van der Waals surface area contributed by atoms with Gasteiger partial charge in [-0.05, 0) is 30.3 Å². The fourth-order valence-corrected chi connectivity index (χ4v) is 2.31. The van der Waals surface area contributed by atoms with Crippen LogP contribution in [0.15, 0.2) is 36.4 Å². The van der Waals surface area contributed by atoms with Gasteiger partial charge in [0.2, 0.25) is 0 Å². The highest BCUT2D eigenvalue weighted by molar-refractivity contribution is 6.04. The first-order valence-electron chi connectivity index (χ1n) is 6.10. The van der Waals surface area contributed by atoms with Crippen LogP contribution < -0.4 is 0 Å². The van der Waals surface area contributed by atoms with Crippen molar-refractivity contribution in [1.29, 1.82) is 5.26 Å². The quantitative estimate of drug-likeness (QED) is 0.727. The third-order valence-corrected chi connectivity index (χ3v) is 3.29. The summed E-state index contributed by atoms with van der Waals surface area (Å²) in [6.07, 6.45) is 0.595. The zero-order valence-corrected chi connectivity index (χ0v) is 10.7. The van der Waals surface area contributed by atoms with E-state index in [4.69, 9.17) is 5.26 Å². The second-order valence-corrected chi connectivity index (χ2v) is 4.53. The lowest BCUT2D eigenvalue weighted by molar-refractivity contribution is 0.112. The SMILES string of the molecule is N#Cc1ccc2[nH]c(-c3ccc(F)cc3F)c(C=O)c2c1. The number of nitrogens with zero attached hydrogens (tertiary/aromatic N) is 1. The highest BCUT2D eigenvalue weighted by Crippen LogP contribution is 2.31. The molecule has 3 rings (SSSR count). The number of nitrogens with one attached hydrogen (secondary N) is 1. The van der Waals surface area contributed by atoms with Crippen LogP contribution in [0.3, 0.4) is 0 Å². The van der Waals surface area contributed by atoms with Crippen molar-refractivity contribution in [1.82, 2.24) is 4.98 Å². The highest BCUT2D eigenvalue weighted by atomic mass is 19.1. The van der Waals surface area contributed by atoms with Gasteiger partial charge in [-0.2, -0.15) is 5.26 Å². The summed E-state index contributed by atoms with van der Waals surface area (Å²) in [6, 6.07) is 9.94. The Kier molecular flexibility index (Phi) is 2.99. The van der Waals surface area contributed by atoms with E-state index in [0.717, 1.165) is 12.1 Å². The minimum Gasteiger partial charge on any atom is -0.354 e. The van der Waals surface area contributed by atoms with Crippen molar-refractivity contribution in [2.45, 2.75) is 0 Å². The second kappa shape index (κ2) is 4.84. The van der Waals surface area contributed by atoms with E-state index in [1.54, 1.807) is 18.2 Å². The number of nitriles is 1. The maximum absolute atomic E-state index is 13.9. The van der Waals surface area contributed by atoms with Crippen molar-refractivity contribution in [3.63, 3.8) is 0 Å². The molecule has 0 atom stereocenters. The molecule has 1 heterocycles. The molecule has 0 saturated carbocycles. The summed E-state index contributed by atoms with van der Waals surface area (Å²) in [5, 5.41) is 9.44. The van der Waals surface area contributed by atoms with E-state index in [1.807, 2.05) is 6.07 Å². The molecule has 0 aliphatic heterocycles. The van der Waals surface area contributed by atoms with Crippen LogP contribution in [-0.2, 0) is 0 Å². The number of H-pyrrole nitrogens is 1. The lowest BCUT2D eigenvalue weighted by atomic mass is 10.0. The number of hydrogen-bond donors (Lipinski definition) is 1. The number of hydrogen-bond acceptors (Lipinski definition) is 2. The van der Waals surface area contributed by atoms with Crippen LogP contribution in [0.2, 0.25) is 0 Å². The fourth-order valence-electron chi connectivity index (χ4n) is 2.31. The van der Waals surface area contributed by atoms with Crippen LogP contribution in [0.5, 0.6) is 0 Å². The van der Waals surface area contributed by atoms with Crippen molar-refractivity contribution >= 4 is 17.2 Å². The Morgan fingerprint density at radius 3 is 2.62 bits per heavy atom. The molecule has 102 valence electrons. The summed E-state index contributed by atoms with van der Waals surface area (Å²) in [6.45, 7) is 0. The van der Waals surface area contributed by atoms with Gasteiger partial charge in [0.05, 0.1) is 17.3 Å². The molecule has 0 amide bonds.